The molecule has 0 aliphatic heterocycles. The third-order valence-corrected chi connectivity index (χ3v) is 3.60. The summed E-state index contributed by atoms with van der Waals surface area (Å²) in [5, 5.41) is 12.1. The smallest absolute Gasteiger partial charge is 0.205 e. The Balaban J connectivity index is 1.75. The van der Waals surface area contributed by atoms with Gasteiger partial charge in [-0.1, -0.05) is 31.1 Å². The van der Waals surface area contributed by atoms with Gasteiger partial charge in [-0.2, -0.15) is 0 Å². The maximum absolute atomic E-state index is 3.98. The molecule has 1 saturated carbocycles. The number of hydrogen-bond acceptors (Lipinski definition) is 4. The lowest BCUT2D eigenvalue weighted by molar-refractivity contribution is 0.293. The number of nitrogens with one attached hydrogen (secondary N) is 1. The van der Waals surface area contributed by atoms with Crippen LogP contribution in [0.25, 0.3) is 0 Å². The molecule has 4 heteroatoms. The van der Waals surface area contributed by atoms with Crippen LogP contribution in [0.5, 0.6) is 0 Å². The Morgan fingerprint density at radius 2 is 2.50 bits per heavy atom. The Morgan fingerprint density at radius 1 is 1.57 bits per heavy atom. The maximum atomic E-state index is 3.98. The molecular weight excluding hydrogens is 194 g/mol. The van der Waals surface area contributed by atoms with Crippen LogP contribution in [-0.4, -0.2) is 16.7 Å². The Bertz CT molecular complexity index is 260. The summed E-state index contributed by atoms with van der Waals surface area (Å²) in [6, 6.07) is 0. The molecule has 0 amide bonds. The third-order valence-electron chi connectivity index (χ3n) is 2.95. The lowest BCUT2D eigenvalue weighted by atomic mass is 9.82. The van der Waals surface area contributed by atoms with Crippen molar-refractivity contribution < 1.29 is 0 Å². The second-order valence-corrected chi connectivity index (χ2v) is 5.10. The van der Waals surface area contributed by atoms with E-state index in [9.17, 15) is 0 Å². The molecule has 1 aliphatic rings. The normalized spacial score (nSPS) is 27.5. The Kier molecular flexibility index (Phi) is 3.35. The Morgan fingerprint density at radius 3 is 3.21 bits per heavy atom. The number of hydrogen-bond donors (Lipinski definition) is 1. The largest absolute Gasteiger partial charge is 0.360 e. The lowest BCUT2D eigenvalue weighted by Crippen LogP contribution is -2.20. The van der Waals surface area contributed by atoms with Gasteiger partial charge in [0.2, 0.25) is 5.13 Å². The van der Waals surface area contributed by atoms with Crippen molar-refractivity contribution in [2.24, 2.45) is 11.8 Å². The van der Waals surface area contributed by atoms with Crippen LogP contribution >= 0.6 is 11.3 Å². The van der Waals surface area contributed by atoms with E-state index in [1.807, 2.05) is 0 Å². The minimum Gasteiger partial charge on any atom is -0.360 e. The standard InChI is InChI=1S/C10H17N3S/c1-8-3-2-4-9(5-8)6-11-10-13-12-7-14-10/h7-9H,2-6H2,1H3,(H,11,13). The minimum absolute atomic E-state index is 0.836. The van der Waals surface area contributed by atoms with Gasteiger partial charge >= 0.3 is 0 Å². The van der Waals surface area contributed by atoms with E-state index in [4.69, 9.17) is 0 Å². The summed E-state index contributed by atoms with van der Waals surface area (Å²) in [6.45, 7) is 3.43. The molecule has 0 aromatic carbocycles. The van der Waals surface area contributed by atoms with E-state index >= 15 is 0 Å². The van der Waals surface area contributed by atoms with E-state index in [1.165, 1.54) is 25.7 Å². The molecule has 2 unspecified atom stereocenters. The molecule has 1 aliphatic carbocycles. The average molecular weight is 211 g/mol. The zero-order chi connectivity index (χ0) is 9.80. The van der Waals surface area contributed by atoms with E-state index in [-0.39, 0.29) is 0 Å². The van der Waals surface area contributed by atoms with Gasteiger partial charge in [0.15, 0.2) is 0 Å². The molecule has 14 heavy (non-hydrogen) atoms. The van der Waals surface area contributed by atoms with Crippen molar-refractivity contribution in [2.75, 3.05) is 11.9 Å². The van der Waals surface area contributed by atoms with Gasteiger partial charge in [0.05, 0.1) is 0 Å². The zero-order valence-corrected chi connectivity index (χ0v) is 9.39. The minimum atomic E-state index is 0.836. The predicted molar refractivity (Wildman–Crippen MR) is 59.5 cm³/mol. The third kappa shape index (κ3) is 2.67. The lowest BCUT2D eigenvalue weighted by Gasteiger charge is -2.26. The number of aromatic nitrogens is 2. The quantitative estimate of drug-likeness (QED) is 0.835. The summed E-state index contributed by atoms with van der Waals surface area (Å²) < 4.78 is 0. The van der Waals surface area contributed by atoms with Crippen LogP contribution in [-0.2, 0) is 0 Å². The predicted octanol–water partition coefficient (Wildman–Crippen LogP) is 2.78. The summed E-state index contributed by atoms with van der Waals surface area (Å²) in [6.07, 6.45) is 5.54. The van der Waals surface area contributed by atoms with Crippen molar-refractivity contribution in [1.29, 1.82) is 0 Å². The number of anilines is 1. The molecule has 1 aromatic heterocycles. The molecule has 0 radical (unpaired) electrons. The highest BCUT2D eigenvalue weighted by atomic mass is 32.1. The van der Waals surface area contributed by atoms with Gasteiger partial charge in [0, 0.05) is 6.54 Å². The van der Waals surface area contributed by atoms with Gasteiger partial charge in [-0.15, -0.1) is 10.2 Å². The Hall–Kier alpha value is -0.640. The van der Waals surface area contributed by atoms with Crippen LogP contribution in [0.1, 0.15) is 32.6 Å². The van der Waals surface area contributed by atoms with Crippen molar-refractivity contribution in [3.8, 4) is 0 Å². The monoisotopic (exact) mass is 211 g/mol. The van der Waals surface area contributed by atoms with E-state index in [0.717, 1.165) is 23.5 Å². The second-order valence-electron chi connectivity index (χ2n) is 4.26. The van der Waals surface area contributed by atoms with Crippen LogP contribution in [0, 0.1) is 11.8 Å². The first-order chi connectivity index (χ1) is 6.84. The molecule has 1 heterocycles. The van der Waals surface area contributed by atoms with Gasteiger partial charge in [-0.3, -0.25) is 0 Å². The van der Waals surface area contributed by atoms with E-state index < -0.39 is 0 Å². The first-order valence-electron chi connectivity index (χ1n) is 5.34. The van der Waals surface area contributed by atoms with Crippen LogP contribution in [0.15, 0.2) is 5.51 Å². The van der Waals surface area contributed by atoms with Crippen LogP contribution in [0.4, 0.5) is 5.13 Å². The van der Waals surface area contributed by atoms with Gasteiger partial charge in [0.1, 0.15) is 5.51 Å². The molecule has 2 rings (SSSR count). The van der Waals surface area contributed by atoms with Gasteiger partial charge in [-0.05, 0) is 24.7 Å². The summed E-state index contributed by atoms with van der Waals surface area (Å²) in [5.74, 6) is 1.74. The summed E-state index contributed by atoms with van der Waals surface area (Å²) in [5.41, 5.74) is 1.77. The topological polar surface area (TPSA) is 37.8 Å². The van der Waals surface area contributed by atoms with Crippen molar-refractivity contribution in [3.63, 3.8) is 0 Å². The molecule has 78 valence electrons. The van der Waals surface area contributed by atoms with Crippen molar-refractivity contribution in [1.82, 2.24) is 10.2 Å². The average Bonchev–Trinajstić information content (AvgIpc) is 2.67. The molecule has 1 N–H and O–H groups in total. The fraction of sp³-hybridized carbons (Fsp3) is 0.800. The molecule has 3 nitrogen and oxygen atoms in total. The number of nitrogens with zero attached hydrogens (tertiary/aromatic N) is 2. The summed E-state index contributed by atoms with van der Waals surface area (Å²) >= 11 is 1.58. The molecular formula is C10H17N3S. The maximum Gasteiger partial charge on any atom is 0.205 e. The van der Waals surface area contributed by atoms with E-state index in [1.54, 1.807) is 16.8 Å². The first-order valence-corrected chi connectivity index (χ1v) is 6.22. The number of rotatable bonds is 3. The highest BCUT2D eigenvalue weighted by Gasteiger charge is 2.18. The van der Waals surface area contributed by atoms with Crippen molar-refractivity contribution in [3.05, 3.63) is 5.51 Å². The molecule has 0 saturated heterocycles. The molecule has 1 aromatic rings. The molecule has 0 spiro atoms. The highest BCUT2D eigenvalue weighted by Crippen LogP contribution is 2.28. The van der Waals surface area contributed by atoms with Gasteiger partial charge in [0.25, 0.3) is 0 Å². The molecule has 0 bridgehead atoms. The van der Waals surface area contributed by atoms with Crippen molar-refractivity contribution >= 4 is 16.5 Å². The molecule has 1 fully saturated rings. The fourth-order valence-corrected chi connectivity index (χ4v) is 2.68. The van der Waals surface area contributed by atoms with Crippen molar-refractivity contribution in [2.45, 2.75) is 32.6 Å². The zero-order valence-electron chi connectivity index (χ0n) is 8.57. The second kappa shape index (κ2) is 4.73. The molecule has 2 atom stereocenters. The van der Waals surface area contributed by atoms with Gasteiger partial charge < -0.3 is 5.32 Å². The highest BCUT2D eigenvalue weighted by molar-refractivity contribution is 7.13. The summed E-state index contributed by atoms with van der Waals surface area (Å²) in [4.78, 5) is 0. The van der Waals surface area contributed by atoms with Crippen LogP contribution in [0.3, 0.4) is 0 Å². The van der Waals surface area contributed by atoms with Crippen LogP contribution < -0.4 is 5.32 Å². The van der Waals surface area contributed by atoms with E-state index in [0.29, 0.717) is 0 Å². The first kappa shape index (κ1) is 9.90. The Labute approximate surface area is 88.9 Å². The van der Waals surface area contributed by atoms with Crippen LogP contribution in [0.2, 0.25) is 0 Å². The van der Waals surface area contributed by atoms with E-state index in [2.05, 4.69) is 22.4 Å². The SMILES string of the molecule is CC1CCCC(CNc2nncs2)C1. The fourth-order valence-electron chi connectivity index (χ4n) is 2.23. The summed E-state index contributed by atoms with van der Waals surface area (Å²) in [7, 11) is 0. The van der Waals surface area contributed by atoms with Gasteiger partial charge in [-0.25, -0.2) is 0 Å².